The van der Waals surface area contributed by atoms with Crippen LogP contribution in [-0.4, -0.2) is 4.55 Å². The molecule has 0 radical (unpaired) electrons. The summed E-state index contributed by atoms with van der Waals surface area (Å²) in [4.78, 5) is 0. The number of rotatable bonds is 1. The van der Waals surface area contributed by atoms with E-state index in [1.165, 1.54) is 0 Å². The van der Waals surface area contributed by atoms with E-state index in [0.29, 0.717) is 11.7 Å². The van der Waals surface area contributed by atoms with Gasteiger partial charge in [-0.15, -0.1) is 0 Å². The summed E-state index contributed by atoms with van der Waals surface area (Å²) in [6.45, 7) is 0. The van der Waals surface area contributed by atoms with Gasteiger partial charge >= 0.3 is 51.4 Å². The molecule has 0 saturated heterocycles. The Morgan fingerprint density at radius 2 is 1.67 bits per heavy atom. The Labute approximate surface area is 111 Å². The van der Waals surface area contributed by atoms with Crippen molar-refractivity contribution in [2.24, 2.45) is 0 Å². The van der Waals surface area contributed by atoms with Crippen LogP contribution < -0.4 is 51.4 Å². The Kier molecular flexibility index (Phi) is 18.4. The third-order valence-corrected chi connectivity index (χ3v) is 3.40. The van der Waals surface area contributed by atoms with Gasteiger partial charge in [0.15, 0.2) is 0 Å². The van der Waals surface area contributed by atoms with Crippen LogP contribution in [0.2, 0.25) is 0 Å². The Morgan fingerprint density at radius 3 is 1.67 bits per heavy atom. The minimum atomic E-state index is -0.297. The second-order valence-corrected chi connectivity index (χ2v) is 17.6. The van der Waals surface area contributed by atoms with Crippen molar-refractivity contribution in [3.05, 3.63) is 0 Å². The maximum Gasteiger partial charge on any atom is 1.00 e. The van der Waals surface area contributed by atoms with Gasteiger partial charge in [0.05, 0.1) is 2.41 Å². The van der Waals surface area contributed by atoms with Crippen LogP contribution in [0.3, 0.4) is 0 Å². The van der Waals surface area contributed by atoms with E-state index < -0.39 is 0 Å². The minimum absolute atomic E-state index is 0. The van der Waals surface area contributed by atoms with E-state index >= 15 is 0 Å². The van der Waals surface area contributed by atoms with E-state index in [2.05, 4.69) is 44.1 Å². The van der Waals surface area contributed by atoms with Crippen molar-refractivity contribution >= 4 is 58.2 Å². The van der Waals surface area contributed by atoms with Gasteiger partial charge in [0.25, 0.3) is 0 Å². The summed E-state index contributed by atoms with van der Waals surface area (Å²) >= 11 is 4.88. The Bertz CT molecular complexity index is 27.5. The third kappa shape index (κ3) is 10.8. The van der Waals surface area contributed by atoms with Gasteiger partial charge in [-0.2, -0.15) is 0 Å². The predicted octanol–water partition coefficient (Wildman–Crippen LogP) is -0.0491. The number of halogens is 2. The molecule has 32 valence electrons. The van der Waals surface area contributed by atoms with Gasteiger partial charge in [-0.3, -0.25) is 0 Å². The molecule has 0 aliphatic carbocycles. The molecule has 6 heteroatoms. The van der Waals surface area contributed by atoms with Crippen LogP contribution in [0, 0.1) is 0 Å². The molecule has 0 unspecified atom stereocenters. The second kappa shape index (κ2) is 8.84. The van der Waals surface area contributed by atoms with E-state index in [0.717, 1.165) is 0 Å². The van der Waals surface area contributed by atoms with Gasteiger partial charge in [0, 0.05) is 0 Å². The largest absolute Gasteiger partial charge is 1.00 e. The Morgan fingerprint density at radius 1 is 1.50 bits per heavy atom. The normalized spacial score (nSPS) is 8.00. The molecule has 0 heterocycles. The smallest absolute Gasteiger partial charge is 0.794 e. The van der Waals surface area contributed by atoms with Crippen LogP contribution in [0.15, 0.2) is 0 Å². The number of hydrogen-bond donors (Lipinski definition) is 0. The van der Waals surface area contributed by atoms with Crippen molar-refractivity contribution in [3.63, 3.8) is 0 Å². The van der Waals surface area contributed by atoms with E-state index in [1.54, 1.807) is 0 Å². The van der Waals surface area contributed by atoms with Crippen LogP contribution in [0.1, 0.15) is 0 Å². The molecular weight excluding hydrogens is 372 g/mol. The van der Waals surface area contributed by atoms with Crippen molar-refractivity contribution in [3.8, 4) is 0 Å². The molecule has 0 amide bonds. The Balaban J connectivity index is 0. The van der Waals surface area contributed by atoms with E-state index in [9.17, 15) is 4.55 Å². The summed E-state index contributed by atoms with van der Waals surface area (Å²) in [6, 6.07) is 0. The third-order valence-electron chi connectivity index (χ3n) is 0.0563. The minimum Gasteiger partial charge on any atom is -0.794 e. The summed E-state index contributed by atoms with van der Waals surface area (Å²) in [6.07, 6.45) is 0. The first-order chi connectivity index (χ1) is 2.27. The first-order valence-electron chi connectivity index (χ1n) is 0.687. The molecular formula is I2KOPS. The first kappa shape index (κ1) is 12.5. The fourth-order valence-electron chi connectivity index (χ4n) is 0. The van der Waals surface area contributed by atoms with Gasteiger partial charge < -0.3 is 4.55 Å². The summed E-state index contributed by atoms with van der Waals surface area (Å²) in [5.41, 5.74) is 0. The van der Waals surface area contributed by atoms with Crippen molar-refractivity contribution in [1.82, 2.24) is 0 Å². The maximum atomic E-state index is 9.56. The molecule has 0 bridgehead atoms. The van der Waals surface area contributed by atoms with Crippen LogP contribution in [0.25, 0.3) is 0 Å². The summed E-state index contributed by atoms with van der Waals surface area (Å²) in [5, 5.41) is 0. The van der Waals surface area contributed by atoms with Crippen molar-refractivity contribution in [2.75, 3.05) is 0 Å². The van der Waals surface area contributed by atoms with E-state index in [1.807, 2.05) is 0 Å². The standard InChI is InChI=1S/HI2OPS.K/c1-4(2)5-3;/h3H;/q;+1/p-1. The molecule has 0 saturated carbocycles. The fourth-order valence-corrected chi connectivity index (χ4v) is 0. The average molecular weight is 372 g/mol. The van der Waals surface area contributed by atoms with Gasteiger partial charge in [0.2, 0.25) is 0 Å². The zero-order chi connectivity index (χ0) is 4.28. The topological polar surface area (TPSA) is 23.1 Å². The molecule has 0 fully saturated rings. The van der Waals surface area contributed by atoms with Gasteiger partial charge in [-0.1, -0.05) is 0 Å². The molecule has 0 aromatic carbocycles. The molecule has 1 nitrogen and oxygen atoms in total. The number of hydrogen-bond acceptors (Lipinski definition) is 2. The summed E-state index contributed by atoms with van der Waals surface area (Å²) < 4.78 is 9.26. The molecule has 6 heavy (non-hydrogen) atoms. The SMILES string of the molecule is [K+].[O-]SP(I)I. The van der Waals surface area contributed by atoms with Crippen molar-refractivity contribution < 1.29 is 55.9 Å². The average Bonchev–Trinajstić information content (AvgIpc) is 1.38. The van der Waals surface area contributed by atoms with Gasteiger partial charge in [0.1, 0.15) is 0 Å². The molecule has 0 N–H and O–H groups in total. The van der Waals surface area contributed by atoms with E-state index in [4.69, 9.17) is 0 Å². The van der Waals surface area contributed by atoms with Gasteiger partial charge in [-0.25, -0.2) is 11.7 Å². The molecule has 0 atom stereocenters. The molecule has 0 rings (SSSR count). The molecule has 0 spiro atoms. The zero-order valence-electron chi connectivity index (χ0n) is 3.02. The van der Waals surface area contributed by atoms with Crippen LogP contribution in [-0.2, 0) is 0 Å². The molecule has 0 aliphatic heterocycles. The predicted molar refractivity (Wildman–Crippen MR) is 43.3 cm³/mol. The zero-order valence-corrected chi connectivity index (χ0v) is 12.2. The monoisotopic (exact) mass is 372 g/mol. The maximum absolute atomic E-state index is 9.56. The van der Waals surface area contributed by atoms with Gasteiger partial charge in [-0.05, 0) is 44.1 Å². The van der Waals surface area contributed by atoms with Crippen molar-refractivity contribution in [1.29, 1.82) is 0 Å². The second-order valence-electron chi connectivity index (χ2n) is 0.276. The summed E-state index contributed by atoms with van der Waals surface area (Å²) in [7, 11) is 0. The van der Waals surface area contributed by atoms with Crippen LogP contribution >= 0.6 is 58.2 Å². The molecule has 0 aromatic rings. The molecule has 0 aliphatic rings. The quantitative estimate of drug-likeness (QED) is 0.279. The molecule has 0 aromatic heterocycles. The van der Waals surface area contributed by atoms with Crippen molar-refractivity contribution in [2.45, 2.75) is 0 Å². The Hall–Kier alpha value is 3.84. The first-order valence-corrected chi connectivity index (χ1v) is 8.95. The fraction of sp³-hybridized carbons (Fsp3) is 0. The van der Waals surface area contributed by atoms with Crippen LogP contribution in [0.5, 0.6) is 0 Å². The van der Waals surface area contributed by atoms with E-state index in [-0.39, 0.29) is 53.8 Å². The summed E-state index contributed by atoms with van der Waals surface area (Å²) in [5.74, 6) is 0. The van der Waals surface area contributed by atoms with Crippen LogP contribution in [0.4, 0.5) is 0 Å².